The van der Waals surface area contributed by atoms with Gasteiger partial charge >= 0.3 is 0 Å². The van der Waals surface area contributed by atoms with Gasteiger partial charge in [0.15, 0.2) is 11.5 Å². The number of phenols is 2. The van der Waals surface area contributed by atoms with E-state index in [9.17, 15) is 10.2 Å². The summed E-state index contributed by atoms with van der Waals surface area (Å²) in [7, 11) is 2.39. The third-order valence-electron chi connectivity index (χ3n) is 5.65. The fourth-order valence-corrected chi connectivity index (χ4v) is 4.27. The Kier molecular flexibility index (Phi) is 17.4. The lowest BCUT2D eigenvalue weighted by atomic mass is 9.97. The van der Waals surface area contributed by atoms with Crippen molar-refractivity contribution in [3.8, 4) is 28.4 Å². The molecule has 0 aliphatic carbocycles. The molecule has 7 heteroatoms. The molecule has 0 bridgehead atoms. The Labute approximate surface area is 216 Å². The quantitative estimate of drug-likeness (QED) is 0.319. The lowest BCUT2D eigenvalue weighted by Crippen LogP contribution is -2.22. The van der Waals surface area contributed by atoms with Crippen molar-refractivity contribution in [3.05, 3.63) is 41.0 Å². The van der Waals surface area contributed by atoms with E-state index >= 15 is 0 Å². The summed E-state index contributed by atoms with van der Waals surface area (Å²) >= 11 is 0. The van der Waals surface area contributed by atoms with Gasteiger partial charge in [0.25, 0.3) is 0 Å². The Balaban J connectivity index is 0.000000612. The van der Waals surface area contributed by atoms with Gasteiger partial charge in [0.05, 0.1) is 7.11 Å². The van der Waals surface area contributed by atoms with Crippen molar-refractivity contribution >= 4 is 8.88 Å². The van der Waals surface area contributed by atoms with Crippen molar-refractivity contribution in [2.24, 2.45) is 0 Å². The van der Waals surface area contributed by atoms with Gasteiger partial charge in [-0.25, -0.2) is 0 Å². The van der Waals surface area contributed by atoms with Gasteiger partial charge in [-0.05, 0) is 74.8 Å². The zero-order valence-electron chi connectivity index (χ0n) is 23.7. The van der Waals surface area contributed by atoms with E-state index in [0.29, 0.717) is 16.9 Å². The van der Waals surface area contributed by atoms with E-state index in [-0.39, 0.29) is 11.5 Å². The van der Waals surface area contributed by atoms with Crippen molar-refractivity contribution in [3.63, 3.8) is 0 Å². The molecule has 0 aliphatic heterocycles. The molecule has 0 saturated heterocycles. The van der Waals surface area contributed by atoms with Crippen LogP contribution in [0.1, 0.15) is 58.2 Å². The first-order valence-corrected chi connectivity index (χ1v) is 13.7. The van der Waals surface area contributed by atoms with E-state index in [1.807, 2.05) is 32.9 Å². The lowest BCUT2D eigenvalue weighted by molar-refractivity contribution is 0.374. The monoisotopic (exact) mass is 507 g/mol. The maximum absolute atomic E-state index is 10.2. The molecule has 0 spiro atoms. The minimum atomic E-state index is 0.0478. The van der Waals surface area contributed by atoms with E-state index in [0.717, 1.165) is 38.7 Å². The van der Waals surface area contributed by atoms with Crippen LogP contribution in [-0.4, -0.2) is 65.9 Å². The van der Waals surface area contributed by atoms with E-state index in [4.69, 9.17) is 4.74 Å². The topological polar surface area (TPSA) is 68.2 Å². The van der Waals surface area contributed by atoms with Gasteiger partial charge < -0.3 is 20.3 Å². The molecule has 0 atom stereocenters. The van der Waals surface area contributed by atoms with Crippen LogP contribution in [0, 0.1) is 20.8 Å². The number of hydrogen-bond donors (Lipinski definition) is 3. The normalized spacial score (nSPS) is 10.5. The van der Waals surface area contributed by atoms with Gasteiger partial charge in [-0.1, -0.05) is 41.5 Å². The second-order valence-corrected chi connectivity index (χ2v) is 9.68. The van der Waals surface area contributed by atoms with Gasteiger partial charge in [0.1, 0.15) is 5.75 Å². The SMILES string of the molecule is CCN(CC)PN(CC)CC.CCNCC.COc1cc(C)cc(-c2cc(C)c(C)cc2O)c1O. The molecular weight excluding hydrogens is 457 g/mol. The van der Waals surface area contributed by atoms with Crippen LogP contribution in [0.3, 0.4) is 0 Å². The largest absolute Gasteiger partial charge is 0.507 e. The minimum absolute atomic E-state index is 0.0478. The van der Waals surface area contributed by atoms with E-state index in [1.165, 1.54) is 33.3 Å². The number of nitrogens with one attached hydrogen (secondary N) is 1. The average Bonchev–Trinajstić information content (AvgIpc) is 2.85. The summed E-state index contributed by atoms with van der Waals surface area (Å²) in [5.74, 6) is 0.616. The first-order chi connectivity index (χ1) is 16.6. The van der Waals surface area contributed by atoms with Crippen molar-refractivity contribution in [2.45, 2.75) is 62.3 Å². The van der Waals surface area contributed by atoms with Gasteiger partial charge in [-0.3, -0.25) is 9.34 Å². The van der Waals surface area contributed by atoms with Crippen LogP contribution in [0.4, 0.5) is 0 Å². The number of hydrogen-bond acceptors (Lipinski definition) is 6. The predicted molar refractivity (Wildman–Crippen MR) is 154 cm³/mol. The van der Waals surface area contributed by atoms with Crippen LogP contribution in [0.15, 0.2) is 24.3 Å². The maximum atomic E-state index is 10.2. The molecule has 0 saturated carbocycles. The summed E-state index contributed by atoms with van der Waals surface area (Å²) in [6.45, 7) is 25.8. The molecule has 0 aromatic heterocycles. The molecule has 0 aliphatic rings. The summed E-state index contributed by atoms with van der Waals surface area (Å²) in [4.78, 5) is 0. The third kappa shape index (κ3) is 11.6. The molecule has 0 amide bonds. The van der Waals surface area contributed by atoms with Crippen LogP contribution in [0.5, 0.6) is 17.2 Å². The molecule has 6 nitrogen and oxygen atoms in total. The number of ether oxygens (including phenoxy) is 1. The summed E-state index contributed by atoms with van der Waals surface area (Å²) in [5.41, 5.74) is 4.23. The number of aromatic hydroxyl groups is 2. The summed E-state index contributed by atoms with van der Waals surface area (Å²) in [5, 5.41) is 23.4. The Morgan fingerprint density at radius 1 is 0.743 bits per heavy atom. The van der Waals surface area contributed by atoms with Crippen LogP contribution in [0.2, 0.25) is 0 Å². The Morgan fingerprint density at radius 2 is 1.23 bits per heavy atom. The van der Waals surface area contributed by atoms with Crippen molar-refractivity contribution in [2.75, 3.05) is 46.4 Å². The number of nitrogens with zero attached hydrogens (tertiary/aromatic N) is 2. The summed E-state index contributed by atoms with van der Waals surface area (Å²) in [6, 6.07) is 7.18. The Hall–Kier alpha value is -1.85. The van der Waals surface area contributed by atoms with Crippen molar-refractivity contribution in [1.29, 1.82) is 0 Å². The minimum Gasteiger partial charge on any atom is -0.507 e. The molecule has 0 radical (unpaired) electrons. The third-order valence-corrected chi connectivity index (χ3v) is 7.48. The Morgan fingerprint density at radius 3 is 1.63 bits per heavy atom. The highest BCUT2D eigenvalue weighted by Crippen LogP contribution is 2.42. The molecule has 3 N–H and O–H groups in total. The van der Waals surface area contributed by atoms with Gasteiger partial charge in [0.2, 0.25) is 0 Å². The molecule has 0 unspecified atom stereocenters. The number of phenolic OH excluding ortho intramolecular Hbond substituents is 2. The van der Waals surface area contributed by atoms with E-state index < -0.39 is 0 Å². The number of methoxy groups -OCH3 is 1. The smallest absolute Gasteiger partial charge is 0.165 e. The second-order valence-electron chi connectivity index (χ2n) is 8.22. The maximum Gasteiger partial charge on any atom is 0.165 e. The van der Waals surface area contributed by atoms with E-state index in [1.54, 1.807) is 12.1 Å². The first-order valence-electron chi connectivity index (χ1n) is 12.8. The predicted octanol–water partition coefficient (Wildman–Crippen LogP) is 6.49. The number of rotatable bonds is 10. The fourth-order valence-electron chi connectivity index (χ4n) is 3.30. The molecule has 0 heterocycles. The molecule has 2 rings (SSSR count). The summed E-state index contributed by atoms with van der Waals surface area (Å²) < 4.78 is 10.1. The van der Waals surface area contributed by atoms with Gasteiger partial charge in [-0.2, -0.15) is 0 Å². The van der Waals surface area contributed by atoms with Crippen molar-refractivity contribution < 1.29 is 14.9 Å². The highest BCUT2D eigenvalue weighted by Gasteiger charge is 2.15. The van der Waals surface area contributed by atoms with E-state index in [2.05, 4.69) is 56.2 Å². The molecule has 0 fully saturated rings. The Bertz CT molecular complexity index is 842. The first kappa shape index (κ1) is 33.1. The molecule has 35 heavy (non-hydrogen) atoms. The standard InChI is InChI=1S/C16H18O3.C8H21N2P.C4H11N/c1-9-5-13(16(18)15(6-9)19-4)12-7-10(2)11(3)8-14(12)17;1-5-9(6-2)11-10(7-3)8-4;1-3-5-4-2/h5-8,17-18H,1-4H3;11H,5-8H2,1-4H3;5H,3-4H2,1-2H3. The molecule has 2 aromatic carbocycles. The molecule has 200 valence electrons. The van der Waals surface area contributed by atoms with Crippen LogP contribution < -0.4 is 10.1 Å². The van der Waals surface area contributed by atoms with Crippen molar-refractivity contribution in [1.82, 2.24) is 14.7 Å². The zero-order valence-corrected chi connectivity index (χ0v) is 24.7. The highest BCUT2D eigenvalue weighted by molar-refractivity contribution is 7.32. The highest BCUT2D eigenvalue weighted by atomic mass is 31.1. The van der Waals surface area contributed by atoms with Gasteiger partial charge in [0, 0.05) is 46.2 Å². The van der Waals surface area contributed by atoms with Crippen LogP contribution in [0.25, 0.3) is 11.1 Å². The molecule has 2 aromatic rings. The van der Waals surface area contributed by atoms with Crippen LogP contribution >= 0.6 is 8.88 Å². The second kappa shape index (κ2) is 18.4. The lowest BCUT2D eigenvalue weighted by Gasteiger charge is -2.26. The zero-order chi connectivity index (χ0) is 27.0. The molecular formula is C28H50N3O3P. The average molecular weight is 508 g/mol. The number of aryl methyl sites for hydroxylation is 3. The fraction of sp³-hybridized carbons (Fsp3) is 0.571. The number of benzene rings is 2. The van der Waals surface area contributed by atoms with Crippen LogP contribution in [-0.2, 0) is 0 Å². The van der Waals surface area contributed by atoms with Gasteiger partial charge in [-0.15, -0.1) is 0 Å². The summed E-state index contributed by atoms with van der Waals surface area (Å²) in [6.07, 6.45) is 0.